The van der Waals surface area contributed by atoms with Crippen LogP contribution in [0.5, 0.6) is 0 Å². The number of hydrogen-bond donors (Lipinski definition) is 0. The van der Waals surface area contributed by atoms with Gasteiger partial charge in [-0.15, -0.1) is 0 Å². The van der Waals surface area contributed by atoms with Crippen molar-refractivity contribution in [2.45, 2.75) is 24.3 Å². The van der Waals surface area contributed by atoms with E-state index in [2.05, 4.69) is 0 Å². The summed E-state index contributed by atoms with van der Waals surface area (Å²) in [6.07, 6.45) is 2.94. The summed E-state index contributed by atoms with van der Waals surface area (Å²) in [5.74, 6) is -0.242. The van der Waals surface area contributed by atoms with Gasteiger partial charge in [-0.25, -0.2) is 8.42 Å². The minimum Gasteiger partial charge on any atom is -0.306 e. The van der Waals surface area contributed by atoms with E-state index >= 15 is 0 Å². The first-order valence-electron chi connectivity index (χ1n) is 7.77. The Kier molecular flexibility index (Phi) is 4.64. The first kappa shape index (κ1) is 16.6. The van der Waals surface area contributed by atoms with Crippen LogP contribution in [0.25, 0.3) is 0 Å². The lowest BCUT2D eigenvalue weighted by atomic mass is 10.1. The molecule has 0 saturated carbocycles. The number of rotatable bonds is 5. The zero-order valence-corrected chi connectivity index (χ0v) is 13.9. The molecule has 2 aromatic rings. The van der Waals surface area contributed by atoms with Crippen LogP contribution in [0.4, 0.5) is 0 Å². The van der Waals surface area contributed by atoms with E-state index in [0.717, 1.165) is 17.4 Å². The molecule has 0 unspecified atom stereocenters. The highest BCUT2D eigenvalue weighted by Crippen LogP contribution is 2.19. The molecule has 6 nitrogen and oxygen atoms in total. The van der Waals surface area contributed by atoms with Crippen LogP contribution in [0.3, 0.4) is 0 Å². The summed E-state index contributed by atoms with van der Waals surface area (Å²) < 4.78 is 27.7. The van der Waals surface area contributed by atoms with Gasteiger partial charge in [0.25, 0.3) is 5.56 Å². The lowest BCUT2D eigenvalue weighted by Gasteiger charge is -2.16. The van der Waals surface area contributed by atoms with Crippen molar-refractivity contribution in [1.29, 1.82) is 0 Å². The average Bonchev–Trinajstić information content (AvgIpc) is 3.13. The number of ketones is 1. The fourth-order valence-corrected chi connectivity index (χ4v) is 4.27. The summed E-state index contributed by atoms with van der Waals surface area (Å²) in [5, 5.41) is 0. The Morgan fingerprint density at radius 1 is 1.00 bits per heavy atom. The van der Waals surface area contributed by atoms with E-state index in [1.165, 1.54) is 22.6 Å². The van der Waals surface area contributed by atoms with Crippen molar-refractivity contribution < 1.29 is 13.2 Å². The number of carbonyl (C=O) groups excluding carboxylic acids is 1. The van der Waals surface area contributed by atoms with Gasteiger partial charge in [-0.1, -0.05) is 30.3 Å². The lowest BCUT2D eigenvalue weighted by Crippen LogP contribution is -2.30. The van der Waals surface area contributed by atoms with E-state index < -0.39 is 15.6 Å². The van der Waals surface area contributed by atoms with E-state index in [4.69, 9.17) is 0 Å². The maximum Gasteiger partial charge on any atom is 0.251 e. The third kappa shape index (κ3) is 3.32. The van der Waals surface area contributed by atoms with Gasteiger partial charge in [0, 0.05) is 30.9 Å². The van der Waals surface area contributed by atoms with Gasteiger partial charge in [-0.05, 0) is 18.9 Å². The van der Waals surface area contributed by atoms with Gasteiger partial charge in [-0.2, -0.15) is 4.31 Å². The molecule has 1 saturated heterocycles. The minimum absolute atomic E-state index is 0.0462. The molecule has 0 N–H and O–H groups in total. The molecular weight excluding hydrogens is 328 g/mol. The van der Waals surface area contributed by atoms with Gasteiger partial charge in [-0.3, -0.25) is 9.59 Å². The summed E-state index contributed by atoms with van der Waals surface area (Å²) in [6, 6.07) is 11.1. The van der Waals surface area contributed by atoms with Gasteiger partial charge < -0.3 is 4.57 Å². The first-order valence-corrected chi connectivity index (χ1v) is 9.21. The third-order valence-electron chi connectivity index (χ3n) is 4.07. The largest absolute Gasteiger partial charge is 0.306 e. The Morgan fingerprint density at radius 2 is 1.67 bits per heavy atom. The number of aromatic nitrogens is 1. The van der Waals surface area contributed by atoms with Crippen LogP contribution in [-0.4, -0.2) is 36.2 Å². The summed E-state index contributed by atoms with van der Waals surface area (Å²) in [4.78, 5) is 24.3. The quantitative estimate of drug-likeness (QED) is 0.769. The van der Waals surface area contributed by atoms with E-state index in [0.29, 0.717) is 18.7 Å². The van der Waals surface area contributed by atoms with Crippen molar-refractivity contribution in [2.24, 2.45) is 0 Å². The summed E-state index contributed by atoms with van der Waals surface area (Å²) in [7, 11) is -3.62. The van der Waals surface area contributed by atoms with Crippen molar-refractivity contribution in [1.82, 2.24) is 8.87 Å². The maximum atomic E-state index is 12.6. The molecule has 7 heteroatoms. The molecule has 0 radical (unpaired) electrons. The normalized spacial score (nSPS) is 15.5. The third-order valence-corrected chi connectivity index (χ3v) is 5.95. The van der Waals surface area contributed by atoms with Gasteiger partial charge >= 0.3 is 0 Å². The number of carbonyl (C=O) groups is 1. The SMILES string of the molecule is O=C(Cn1cc(S(=O)(=O)N2CCCC2)ccc1=O)c1ccccc1. The molecule has 126 valence electrons. The molecule has 0 bridgehead atoms. The number of Topliss-reactive ketones (excluding diaryl/α,β-unsaturated/α-hetero) is 1. The van der Waals surface area contributed by atoms with Gasteiger partial charge in [0.2, 0.25) is 10.0 Å². The Hall–Kier alpha value is -2.25. The predicted molar refractivity (Wildman–Crippen MR) is 89.5 cm³/mol. The van der Waals surface area contributed by atoms with Crippen LogP contribution in [0.1, 0.15) is 23.2 Å². The van der Waals surface area contributed by atoms with E-state index in [9.17, 15) is 18.0 Å². The van der Waals surface area contributed by atoms with E-state index in [1.807, 2.05) is 0 Å². The zero-order valence-electron chi connectivity index (χ0n) is 13.1. The van der Waals surface area contributed by atoms with Gasteiger partial charge in [0.05, 0.1) is 11.4 Å². The molecule has 1 aromatic carbocycles. The number of pyridine rings is 1. The van der Waals surface area contributed by atoms with Crippen LogP contribution in [-0.2, 0) is 16.6 Å². The van der Waals surface area contributed by atoms with Crippen LogP contribution in [0.2, 0.25) is 0 Å². The minimum atomic E-state index is -3.62. The van der Waals surface area contributed by atoms with Gasteiger partial charge in [0.15, 0.2) is 5.78 Å². The Labute approximate surface area is 140 Å². The Balaban J connectivity index is 1.89. The van der Waals surface area contributed by atoms with Crippen molar-refractivity contribution in [3.63, 3.8) is 0 Å². The first-order chi connectivity index (χ1) is 11.5. The smallest absolute Gasteiger partial charge is 0.251 e. The fourth-order valence-electron chi connectivity index (χ4n) is 2.73. The molecule has 0 atom stereocenters. The molecule has 0 spiro atoms. The summed E-state index contributed by atoms with van der Waals surface area (Å²) in [5.41, 5.74) is 0.0804. The standard InChI is InChI=1S/C17H18N2O4S/c20-16(14-6-2-1-3-7-14)13-18-12-15(8-9-17(18)21)24(22,23)19-10-4-5-11-19/h1-3,6-9,12H,4-5,10-11,13H2. The van der Waals surface area contributed by atoms with Crippen LogP contribution in [0, 0.1) is 0 Å². The van der Waals surface area contributed by atoms with Crippen molar-refractivity contribution in [3.05, 3.63) is 64.6 Å². The lowest BCUT2D eigenvalue weighted by molar-refractivity contribution is 0.0970. The highest BCUT2D eigenvalue weighted by molar-refractivity contribution is 7.89. The molecule has 1 aromatic heterocycles. The number of sulfonamides is 1. The van der Waals surface area contributed by atoms with Crippen molar-refractivity contribution in [3.8, 4) is 0 Å². The molecule has 1 aliphatic rings. The second-order valence-electron chi connectivity index (χ2n) is 5.73. The molecule has 0 aliphatic carbocycles. The fraction of sp³-hybridized carbons (Fsp3) is 0.294. The molecule has 1 fully saturated rings. The predicted octanol–water partition coefficient (Wildman–Crippen LogP) is 1.52. The van der Waals surface area contributed by atoms with Crippen LogP contribution >= 0.6 is 0 Å². The highest BCUT2D eigenvalue weighted by Gasteiger charge is 2.27. The number of benzene rings is 1. The molecule has 24 heavy (non-hydrogen) atoms. The highest BCUT2D eigenvalue weighted by atomic mass is 32.2. The molecule has 2 heterocycles. The second-order valence-corrected chi connectivity index (χ2v) is 7.67. The molecular formula is C17H18N2O4S. The summed E-state index contributed by atoms with van der Waals surface area (Å²) >= 11 is 0. The molecule has 1 aliphatic heterocycles. The monoisotopic (exact) mass is 346 g/mol. The van der Waals surface area contributed by atoms with E-state index in [-0.39, 0.29) is 17.2 Å². The number of nitrogens with zero attached hydrogens (tertiary/aromatic N) is 2. The Bertz CT molecular complexity index is 898. The van der Waals surface area contributed by atoms with Crippen molar-refractivity contribution in [2.75, 3.05) is 13.1 Å². The summed E-state index contributed by atoms with van der Waals surface area (Å²) in [6.45, 7) is 0.793. The number of hydrogen-bond acceptors (Lipinski definition) is 4. The molecule has 3 rings (SSSR count). The van der Waals surface area contributed by atoms with E-state index in [1.54, 1.807) is 30.3 Å². The van der Waals surface area contributed by atoms with Gasteiger partial charge in [0.1, 0.15) is 0 Å². The average molecular weight is 346 g/mol. The second kappa shape index (κ2) is 6.70. The van der Waals surface area contributed by atoms with Crippen LogP contribution in [0.15, 0.2) is 58.4 Å². The molecule has 0 amide bonds. The van der Waals surface area contributed by atoms with Crippen molar-refractivity contribution >= 4 is 15.8 Å². The maximum absolute atomic E-state index is 12.6. The topological polar surface area (TPSA) is 76.5 Å². The van der Waals surface area contributed by atoms with Crippen LogP contribution < -0.4 is 5.56 Å². The zero-order chi connectivity index (χ0) is 17.2. The Morgan fingerprint density at radius 3 is 2.33 bits per heavy atom.